The van der Waals surface area contributed by atoms with E-state index < -0.39 is 41.2 Å². The lowest BCUT2D eigenvalue weighted by atomic mass is 10.2. The molecule has 0 atom stereocenters. The van der Waals surface area contributed by atoms with E-state index in [9.17, 15) is 31.1 Å². The molecule has 0 aliphatic rings. The first kappa shape index (κ1) is 20.2. The van der Waals surface area contributed by atoms with Crippen molar-refractivity contribution < 1.29 is 31.1 Å². The van der Waals surface area contributed by atoms with Crippen molar-refractivity contribution in [2.75, 3.05) is 5.32 Å². The number of nitrogens with one attached hydrogen (secondary N) is 1. The fraction of sp³-hybridized carbons (Fsp3) is 0.188. The van der Waals surface area contributed by atoms with Crippen molar-refractivity contribution in [1.82, 2.24) is 24.5 Å². The van der Waals surface area contributed by atoms with Gasteiger partial charge in [0.15, 0.2) is 5.82 Å². The maximum atomic E-state index is 13.2. The summed E-state index contributed by atoms with van der Waals surface area (Å²) in [6.07, 6.45) is -6.27. The number of aromatic nitrogens is 5. The number of carbonyl (C=O) groups excluding carboxylic acids is 1. The van der Waals surface area contributed by atoms with Crippen molar-refractivity contribution in [2.24, 2.45) is 7.05 Å². The Balaban J connectivity index is 1.95. The minimum Gasteiger partial charge on any atom is -0.331 e. The number of amides is 1. The van der Waals surface area contributed by atoms with E-state index in [0.717, 1.165) is 12.3 Å². The molecule has 3 heterocycles. The molecule has 152 valence electrons. The summed E-state index contributed by atoms with van der Waals surface area (Å²) < 4.78 is 78.5. The number of halogens is 6. The van der Waals surface area contributed by atoms with Gasteiger partial charge in [0.25, 0.3) is 5.91 Å². The number of hydrogen-bond acceptors (Lipinski definition) is 5. The highest BCUT2D eigenvalue weighted by molar-refractivity contribution is 6.03. The Kier molecular flexibility index (Phi) is 4.98. The quantitative estimate of drug-likeness (QED) is 0.660. The highest BCUT2D eigenvalue weighted by Gasteiger charge is 2.35. The van der Waals surface area contributed by atoms with Gasteiger partial charge in [0.05, 0.1) is 24.4 Å². The van der Waals surface area contributed by atoms with Crippen LogP contribution in [0, 0.1) is 0 Å². The molecule has 1 N–H and O–H groups in total. The zero-order valence-electron chi connectivity index (χ0n) is 14.4. The van der Waals surface area contributed by atoms with E-state index in [2.05, 4.69) is 25.3 Å². The Labute approximate surface area is 158 Å². The highest BCUT2D eigenvalue weighted by Crippen LogP contribution is 2.30. The van der Waals surface area contributed by atoms with Crippen LogP contribution in [0.5, 0.6) is 0 Å². The second-order valence-electron chi connectivity index (χ2n) is 5.73. The van der Waals surface area contributed by atoms with E-state index in [1.54, 1.807) is 0 Å². The maximum Gasteiger partial charge on any atom is 0.433 e. The number of alkyl halides is 6. The number of hydrogen-bond donors (Lipinski definition) is 1. The van der Waals surface area contributed by atoms with Crippen LogP contribution >= 0.6 is 0 Å². The Morgan fingerprint density at radius 2 is 1.69 bits per heavy atom. The zero-order valence-corrected chi connectivity index (χ0v) is 14.4. The fourth-order valence-corrected chi connectivity index (χ4v) is 2.23. The van der Waals surface area contributed by atoms with E-state index in [1.807, 2.05) is 0 Å². The van der Waals surface area contributed by atoms with E-state index >= 15 is 0 Å². The fourth-order valence-electron chi connectivity index (χ4n) is 2.23. The number of imidazole rings is 1. The van der Waals surface area contributed by atoms with Gasteiger partial charge < -0.3 is 9.88 Å². The van der Waals surface area contributed by atoms with Gasteiger partial charge in [-0.05, 0) is 12.1 Å². The predicted molar refractivity (Wildman–Crippen MR) is 86.4 cm³/mol. The summed E-state index contributed by atoms with van der Waals surface area (Å²) in [7, 11) is 1.50. The van der Waals surface area contributed by atoms with Crippen molar-refractivity contribution in [2.45, 2.75) is 12.4 Å². The first-order chi connectivity index (χ1) is 13.4. The van der Waals surface area contributed by atoms with Gasteiger partial charge in [0.1, 0.15) is 22.8 Å². The molecule has 0 aromatic carbocycles. The standard InChI is InChI=1S/C16H10F6N6O/c1-28-7-23-6-10(28)13-26-9(4-12(27-13)16(20,21)22)14(29)25-8-2-3-11(24-5-8)15(17,18)19/h2-7H,1H3,(H,25,29). The highest BCUT2D eigenvalue weighted by atomic mass is 19.4. The van der Waals surface area contributed by atoms with Crippen LogP contribution in [-0.4, -0.2) is 30.4 Å². The molecule has 0 saturated heterocycles. The average molecular weight is 416 g/mol. The molecule has 0 unspecified atom stereocenters. The Hall–Kier alpha value is -3.51. The largest absolute Gasteiger partial charge is 0.433 e. The lowest BCUT2D eigenvalue weighted by Crippen LogP contribution is -2.19. The third kappa shape index (κ3) is 4.50. The molecular formula is C16H10F6N6O. The minimum atomic E-state index is -4.86. The van der Waals surface area contributed by atoms with Crippen molar-refractivity contribution in [1.29, 1.82) is 0 Å². The predicted octanol–water partition coefficient (Wildman–Crippen LogP) is 3.56. The van der Waals surface area contributed by atoms with Crippen LogP contribution in [0.15, 0.2) is 36.9 Å². The van der Waals surface area contributed by atoms with Gasteiger partial charge in [-0.3, -0.25) is 4.79 Å². The zero-order chi connectivity index (χ0) is 21.4. The molecule has 0 aliphatic heterocycles. The van der Waals surface area contributed by atoms with Crippen molar-refractivity contribution in [3.05, 3.63) is 54.0 Å². The smallest absolute Gasteiger partial charge is 0.331 e. The van der Waals surface area contributed by atoms with Crippen molar-refractivity contribution in [3.63, 3.8) is 0 Å². The normalized spacial score (nSPS) is 12.1. The van der Waals surface area contributed by atoms with Crippen molar-refractivity contribution >= 4 is 11.6 Å². The summed E-state index contributed by atoms with van der Waals surface area (Å²) >= 11 is 0. The Morgan fingerprint density at radius 1 is 1.00 bits per heavy atom. The van der Waals surface area contributed by atoms with E-state index in [-0.39, 0.29) is 11.4 Å². The van der Waals surface area contributed by atoms with Crippen LogP contribution in [0.25, 0.3) is 11.5 Å². The molecule has 0 saturated carbocycles. The number of rotatable bonds is 3. The first-order valence-electron chi connectivity index (χ1n) is 7.73. The molecule has 0 fully saturated rings. The van der Waals surface area contributed by atoms with Gasteiger partial charge in [-0.15, -0.1) is 0 Å². The summed E-state index contributed by atoms with van der Waals surface area (Å²) in [5.41, 5.74) is -3.21. The van der Waals surface area contributed by atoms with Gasteiger partial charge in [0, 0.05) is 13.1 Å². The van der Waals surface area contributed by atoms with E-state index in [4.69, 9.17) is 0 Å². The van der Waals surface area contributed by atoms with Crippen LogP contribution in [0.1, 0.15) is 21.9 Å². The van der Waals surface area contributed by atoms with Gasteiger partial charge in [0.2, 0.25) is 0 Å². The molecule has 3 aromatic rings. The molecule has 1 amide bonds. The molecule has 0 spiro atoms. The maximum absolute atomic E-state index is 13.2. The molecule has 3 rings (SSSR count). The van der Waals surface area contributed by atoms with E-state index in [0.29, 0.717) is 12.1 Å². The van der Waals surface area contributed by atoms with Crippen LogP contribution < -0.4 is 5.32 Å². The molecule has 13 heteroatoms. The summed E-state index contributed by atoms with van der Waals surface area (Å²) in [4.78, 5) is 26.5. The van der Waals surface area contributed by atoms with Gasteiger partial charge in [-0.2, -0.15) is 26.3 Å². The number of aryl methyl sites for hydroxylation is 1. The first-order valence-corrected chi connectivity index (χ1v) is 7.73. The van der Waals surface area contributed by atoms with E-state index in [1.165, 1.54) is 24.1 Å². The monoisotopic (exact) mass is 416 g/mol. The SMILES string of the molecule is Cn1cncc1-c1nc(C(=O)Nc2ccc(C(F)(F)F)nc2)cc(C(F)(F)F)n1. The second-order valence-corrected chi connectivity index (χ2v) is 5.73. The lowest BCUT2D eigenvalue weighted by Gasteiger charge is -2.11. The third-order valence-electron chi connectivity index (χ3n) is 3.61. The van der Waals surface area contributed by atoms with Crippen molar-refractivity contribution in [3.8, 4) is 11.5 Å². The Morgan fingerprint density at radius 3 is 2.21 bits per heavy atom. The number of carbonyl (C=O) groups is 1. The Bertz CT molecular complexity index is 1040. The van der Waals surface area contributed by atoms with Crippen LogP contribution in [0.3, 0.4) is 0 Å². The number of anilines is 1. The van der Waals surface area contributed by atoms with Crippen LogP contribution in [0.2, 0.25) is 0 Å². The van der Waals surface area contributed by atoms with Gasteiger partial charge >= 0.3 is 12.4 Å². The molecule has 0 radical (unpaired) electrons. The summed E-state index contributed by atoms with van der Waals surface area (Å²) in [6, 6.07) is 1.98. The molecule has 0 bridgehead atoms. The van der Waals surface area contributed by atoms with Crippen LogP contribution in [-0.2, 0) is 19.4 Å². The summed E-state index contributed by atoms with van der Waals surface area (Å²) in [6.45, 7) is 0. The summed E-state index contributed by atoms with van der Waals surface area (Å²) in [5, 5.41) is 2.15. The summed E-state index contributed by atoms with van der Waals surface area (Å²) in [5.74, 6) is -1.47. The number of pyridine rings is 1. The average Bonchev–Trinajstić information content (AvgIpc) is 3.06. The van der Waals surface area contributed by atoms with Gasteiger partial charge in [-0.1, -0.05) is 0 Å². The topological polar surface area (TPSA) is 85.6 Å². The third-order valence-corrected chi connectivity index (χ3v) is 3.61. The lowest BCUT2D eigenvalue weighted by molar-refractivity contribution is -0.141. The second kappa shape index (κ2) is 7.14. The molecule has 7 nitrogen and oxygen atoms in total. The molecule has 29 heavy (non-hydrogen) atoms. The molecule has 3 aromatic heterocycles. The number of nitrogens with zero attached hydrogens (tertiary/aromatic N) is 5. The molecular weight excluding hydrogens is 406 g/mol. The van der Waals surface area contributed by atoms with Crippen LogP contribution in [0.4, 0.5) is 32.0 Å². The van der Waals surface area contributed by atoms with Gasteiger partial charge in [-0.25, -0.2) is 19.9 Å². The minimum absolute atomic E-state index is 0.126. The molecule has 0 aliphatic carbocycles.